The van der Waals surface area contributed by atoms with Crippen molar-refractivity contribution in [1.82, 2.24) is 0 Å². The van der Waals surface area contributed by atoms with Crippen LogP contribution in [0.4, 0.5) is 4.39 Å². The second kappa shape index (κ2) is 5.98. The van der Waals surface area contributed by atoms with Crippen molar-refractivity contribution in [1.29, 1.82) is 0 Å². The monoisotopic (exact) mass is 235 g/mol. The van der Waals surface area contributed by atoms with Crippen LogP contribution in [0.1, 0.15) is 5.56 Å². The van der Waals surface area contributed by atoms with Crippen LogP contribution in [0.3, 0.4) is 0 Å². The van der Waals surface area contributed by atoms with E-state index in [9.17, 15) is 4.39 Å². The van der Waals surface area contributed by atoms with Crippen molar-refractivity contribution in [3.63, 3.8) is 0 Å². The van der Waals surface area contributed by atoms with Gasteiger partial charge in [0.15, 0.2) is 0 Å². The van der Waals surface area contributed by atoms with Gasteiger partial charge in [0, 0.05) is 6.54 Å². The van der Waals surface area contributed by atoms with Crippen LogP contribution in [0.25, 0.3) is 0 Å². The van der Waals surface area contributed by atoms with E-state index in [4.69, 9.17) is 10.5 Å². The lowest BCUT2D eigenvalue weighted by Crippen LogP contribution is -1.96. The zero-order valence-corrected chi connectivity index (χ0v) is 9.19. The molecule has 0 aliphatic heterocycles. The lowest BCUT2D eigenvalue weighted by Gasteiger charge is -2.06. The highest BCUT2D eigenvalue weighted by atomic mass is 19.1. The molecule has 0 saturated carbocycles. The maximum atomic E-state index is 12.7. The Balaban J connectivity index is 0.00000144. The van der Waals surface area contributed by atoms with Gasteiger partial charge in [-0.1, -0.05) is 12.1 Å². The summed E-state index contributed by atoms with van der Waals surface area (Å²) >= 11 is 0. The zero-order chi connectivity index (χ0) is 11.4. The van der Waals surface area contributed by atoms with Crippen LogP contribution in [0, 0.1) is 5.82 Å². The van der Waals surface area contributed by atoms with Crippen LogP contribution >= 0.6 is 0 Å². The van der Waals surface area contributed by atoms with Gasteiger partial charge in [-0.25, -0.2) is 4.39 Å². The van der Waals surface area contributed by atoms with Gasteiger partial charge in [-0.05, 0) is 42.0 Å². The molecule has 2 aromatic rings. The molecule has 0 aliphatic carbocycles. The quantitative estimate of drug-likeness (QED) is 0.886. The summed E-state index contributed by atoms with van der Waals surface area (Å²) in [5.74, 6) is 1.04. The molecular weight excluding hydrogens is 221 g/mol. The number of halogens is 1. The lowest BCUT2D eigenvalue weighted by molar-refractivity contribution is 0.480. The van der Waals surface area contributed by atoms with E-state index in [0.29, 0.717) is 18.0 Å². The molecule has 0 aliphatic rings. The average Bonchev–Trinajstić information content (AvgIpc) is 2.32. The molecule has 0 spiro atoms. The standard InChI is InChI=1S/C13H12FNO.H2O/c14-11-4-6-12(7-5-11)16-13-3-1-2-10(8-13)9-15;/h1-8H,9,15H2;1H2. The summed E-state index contributed by atoms with van der Waals surface area (Å²) in [6, 6.07) is 13.4. The molecule has 0 aromatic heterocycles. The maximum Gasteiger partial charge on any atom is 0.127 e. The average molecular weight is 235 g/mol. The molecule has 0 radical (unpaired) electrons. The molecule has 0 fully saturated rings. The Labute approximate surface area is 99.0 Å². The first-order valence-electron chi connectivity index (χ1n) is 5.00. The van der Waals surface area contributed by atoms with Gasteiger partial charge in [0.2, 0.25) is 0 Å². The van der Waals surface area contributed by atoms with E-state index >= 15 is 0 Å². The molecule has 4 heteroatoms. The second-order valence-corrected chi connectivity index (χ2v) is 3.41. The Morgan fingerprint density at radius 3 is 2.35 bits per heavy atom. The third-order valence-electron chi connectivity index (χ3n) is 2.18. The highest BCUT2D eigenvalue weighted by molar-refractivity contribution is 5.33. The first-order chi connectivity index (χ1) is 7.78. The van der Waals surface area contributed by atoms with E-state index in [1.165, 1.54) is 12.1 Å². The van der Waals surface area contributed by atoms with Crippen LogP contribution in [0.15, 0.2) is 48.5 Å². The highest BCUT2D eigenvalue weighted by Crippen LogP contribution is 2.22. The second-order valence-electron chi connectivity index (χ2n) is 3.41. The minimum Gasteiger partial charge on any atom is -0.457 e. The zero-order valence-electron chi connectivity index (χ0n) is 9.19. The van der Waals surface area contributed by atoms with Gasteiger partial charge >= 0.3 is 0 Å². The van der Waals surface area contributed by atoms with Gasteiger partial charge in [-0.15, -0.1) is 0 Å². The number of hydrogen-bond acceptors (Lipinski definition) is 2. The largest absolute Gasteiger partial charge is 0.457 e. The predicted molar refractivity (Wildman–Crippen MR) is 64.4 cm³/mol. The molecule has 17 heavy (non-hydrogen) atoms. The summed E-state index contributed by atoms with van der Waals surface area (Å²) in [4.78, 5) is 0. The number of ether oxygens (including phenoxy) is 1. The topological polar surface area (TPSA) is 66.8 Å². The summed E-state index contributed by atoms with van der Waals surface area (Å²) in [5, 5.41) is 0. The van der Waals surface area contributed by atoms with Crippen LogP contribution in [0.2, 0.25) is 0 Å². The third-order valence-corrected chi connectivity index (χ3v) is 2.18. The van der Waals surface area contributed by atoms with Crippen LogP contribution in [0.5, 0.6) is 11.5 Å². The molecule has 0 bridgehead atoms. The molecule has 0 saturated heterocycles. The van der Waals surface area contributed by atoms with Crippen molar-refractivity contribution in [3.8, 4) is 11.5 Å². The van der Waals surface area contributed by atoms with Crippen LogP contribution in [-0.4, -0.2) is 5.48 Å². The summed E-state index contributed by atoms with van der Waals surface area (Å²) in [6.07, 6.45) is 0. The molecule has 4 N–H and O–H groups in total. The van der Waals surface area contributed by atoms with Crippen molar-refractivity contribution in [3.05, 3.63) is 59.9 Å². The first-order valence-corrected chi connectivity index (χ1v) is 5.00. The van der Waals surface area contributed by atoms with Gasteiger partial charge in [-0.3, -0.25) is 0 Å². The van der Waals surface area contributed by atoms with E-state index in [1.54, 1.807) is 12.1 Å². The SMILES string of the molecule is NCc1cccc(Oc2ccc(F)cc2)c1.O. The third kappa shape index (κ3) is 3.55. The summed E-state index contributed by atoms with van der Waals surface area (Å²) in [7, 11) is 0. The van der Waals surface area contributed by atoms with Gasteiger partial charge in [-0.2, -0.15) is 0 Å². The molecule has 0 heterocycles. The molecular formula is C13H14FNO2. The van der Waals surface area contributed by atoms with Crippen molar-refractivity contribution in [2.45, 2.75) is 6.54 Å². The fourth-order valence-electron chi connectivity index (χ4n) is 1.37. The summed E-state index contributed by atoms with van der Waals surface area (Å²) in [5.41, 5.74) is 6.53. The normalized spacial score (nSPS) is 9.53. The molecule has 3 nitrogen and oxygen atoms in total. The molecule has 0 unspecified atom stereocenters. The molecule has 2 rings (SSSR count). The van der Waals surface area contributed by atoms with Gasteiger partial charge in [0.1, 0.15) is 17.3 Å². The molecule has 0 atom stereocenters. The highest BCUT2D eigenvalue weighted by Gasteiger charge is 1.98. The molecule has 0 amide bonds. The summed E-state index contributed by atoms with van der Waals surface area (Å²) in [6.45, 7) is 0.473. The van der Waals surface area contributed by atoms with E-state index < -0.39 is 0 Å². The number of benzene rings is 2. The van der Waals surface area contributed by atoms with Gasteiger partial charge in [0.05, 0.1) is 0 Å². The Morgan fingerprint density at radius 2 is 1.71 bits per heavy atom. The van der Waals surface area contributed by atoms with Crippen LogP contribution < -0.4 is 10.5 Å². The van der Waals surface area contributed by atoms with Crippen molar-refractivity contribution < 1.29 is 14.6 Å². The smallest absolute Gasteiger partial charge is 0.127 e. The van der Waals surface area contributed by atoms with E-state index in [1.807, 2.05) is 24.3 Å². The molecule has 2 aromatic carbocycles. The van der Waals surface area contributed by atoms with E-state index in [0.717, 1.165) is 5.56 Å². The lowest BCUT2D eigenvalue weighted by atomic mass is 10.2. The molecule has 90 valence electrons. The minimum absolute atomic E-state index is 0. The fraction of sp³-hybridized carbons (Fsp3) is 0.0769. The first kappa shape index (κ1) is 13.2. The number of rotatable bonds is 3. The maximum absolute atomic E-state index is 12.7. The predicted octanol–water partition coefficient (Wildman–Crippen LogP) is 2.25. The fourth-order valence-corrected chi connectivity index (χ4v) is 1.37. The van der Waals surface area contributed by atoms with Crippen LogP contribution in [-0.2, 0) is 6.54 Å². The Bertz CT molecular complexity index is 471. The van der Waals surface area contributed by atoms with E-state index in [2.05, 4.69) is 0 Å². The summed E-state index contributed by atoms with van der Waals surface area (Å²) < 4.78 is 18.2. The van der Waals surface area contributed by atoms with Crippen molar-refractivity contribution in [2.24, 2.45) is 5.73 Å². The minimum atomic E-state index is -0.275. The Kier molecular flexibility index (Phi) is 4.63. The van der Waals surface area contributed by atoms with E-state index in [-0.39, 0.29) is 11.3 Å². The van der Waals surface area contributed by atoms with Crippen molar-refractivity contribution >= 4 is 0 Å². The number of hydrogen-bond donors (Lipinski definition) is 1. The Hall–Kier alpha value is -1.91. The van der Waals surface area contributed by atoms with Gasteiger partial charge in [0.25, 0.3) is 0 Å². The van der Waals surface area contributed by atoms with Gasteiger partial charge < -0.3 is 15.9 Å². The van der Waals surface area contributed by atoms with Crippen molar-refractivity contribution in [2.75, 3.05) is 0 Å². The Morgan fingerprint density at radius 1 is 1.00 bits per heavy atom. The number of nitrogens with two attached hydrogens (primary N) is 1.